The van der Waals surface area contributed by atoms with Crippen LogP contribution in [0.15, 0.2) is 53.4 Å². The molecule has 1 fully saturated rings. The van der Waals surface area contributed by atoms with Crippen molar-refractivity contribution in [1.29, 1.82) is 0 Å². The Bertz CT molecular complexity index is 1540. The molecule has 2 aromatic carbocycles. The van der Waals surface area contributed by atoms with Gasteiger partial charge in [0.2, 0.25) is 15.8 Å². The summed E-state index contributed by atoms with van der Waals surface area (Å²) in [4.78, 5) is 26.0. The molecule has 0 bridgehead atoms. The quantitative estimate of drug-likeness (QED) is 0.301. The van der Waals surface area contributed by atoms with E-state index < -0.39 is 22.6 Å². The second-order valence-electron chi connectivity index (χ2n) is 9.89. The summed E-state index contributed by atoms with van der Waals surface area (Å²) in [5, 5.41) is 0. The number of benzene rings is 2. The van der Waals surface area contributed by atoms with Crippen LogP contribution in [0, 0.1) is 20.8 Å². The Hall–Kier alpha value is -3.67. The van der Waals surface area contributed by atoms with E-state index in [1.54, 1.807) is 19.1 Å². The standard InChI is InChI=1S/C29H32N2O8S/c1-19-8-9-23(40(34,35)30-10-12-36-13-11-30)15-24(19)29(33)38-18-26(32)25-14-20(2)31(21(25)3)16-22-17-37-27-6-4-5-7-28(27)39-22/h4-9,14-15,22H,10-13,16-18H2,1-3H3/t22-/m1/s1. The van der Waals surface area contributed by atoms with Crippen LogP contribution in [-0.4, -0.2) is 74.7 Å². The molecule has 0 unspecified atom stereocenters. The van der Waals surface area contributed by atoms with Crippen LogP contribution >= 0.6 is 0 Å². The Balaban J connectivity index is 1.25. The first kappa shape index (κ1) is 27.9. The summed E-state index contributed by atoms with van der Waals surface area (Å²) in [5.41, 5.74) is 2.69. The third-order valence-corrected chi connectivity index (χ3v) is 9.09. The van der Waals surface area contributed by atoms with Gasteiger partial charge in [0.15, 0.2) is 24.2 Å². The van der Waals surface area contributed by atoms with Crippen LogP contribution in [0.2, 0.25) is 0 Å². The summed E-state index contributed by atoms with van der Waals surface area (Å²) < 4.78 is 51.9. The number of hydrogen-bond acceptors (Lipinski definition) is 8. The predicted molar refractivity (Wildman–Crippen MR) is 146 cm³/mol. The third-order valence-electron chi connectivity index (χ3n) is 7.20. The minimum Gasteiger partial charge on any atom is -0.486 e. The van der Waals surface area contributed by atoms with Crippen molar-refractivity contribution in [3.8, 4) is 11.5 Å². The monoisotopic (exact) mass is 568 g/mol. The molecule has 11 heteroatoms. The zero-order valence-corrected chi connectivity index (χ0v) is 23.5. The average molecular weight is 569 g/mol. The van der Waals surface area contributed by atoms with Gasteiger partial charge in [-0.15, -0.1) is 0 Å². The maximum atomic E-state index is 13.1. The van der Waals surface area contributed by atoms with E-state index in [9.17, 15) is 18.0 Å². The lowest BCUT2D eigenvalue weighted by Gasteiger charge is -2.27. The molecule has 2 aliphatic heterocycles. The molecule has 10 nitrogen and oxygen atoms in total. The van der Waals surface area contributed by atoms with E-state index in [2.05, 4.69) is 0 Å². The number of Topliss-reactive ketones (excluding diaryl/α,β-unsaturated/α-hetero) is 1. The molecule has 5 rings (SSSR count). The number of para-hydroxylation sites is 2. The number of aromatic nitrogens is 1. The highest BCUT2D eigenvalue weighted by Gasteiger charge is 2.28. The van der Waals surface area contributed by atoms with Gasteiger partial charge in [-0.2, -0.15) is 4.31 Å². The average Bonchev–Trinajstić information content (AvgIpc) is 3.24. The first-order valence-electron chi connectivity index (χ1n) is 13.1. The second-order valence-corrected chi connectivity index (χ2v) is 11.8. The van der Waals surface area contributed by atoms with Crippen LogP contribution in [0.1, 0.15) is 37.7 Å². The van der Waals surface area contributed by atoms with E-state index in [0.717, 1.165) is 11.4 Å². The number of carbonyl (C=O) groups excluding carboxylic acids is 2. The molecule has 212 valence electrons. The fraction of sp³-hybridized carbons (Fsp3) is 0.379. The lowest BCUT2D eigenvalue weighted by atomic mass is 10.1. The lowest BCUT2D eigenvalue weighted by Crippen LogP contribution is -2.40. The Kier molecular flexibility index (Phi) is 7.97. The normalized spacial score (nSPS) is 17.4. The fourth-order valence-electron chi connectivity index (χ4n) is 4.93. The number of morpholine rings is 1. The van der Waals surface area contributed by atoms with E-state index >= 15 is 0 Å². The van der Waals surface area contributed by atoms with Gasteiger partial charge in [0.25, 0.3) is 0 Å². The molecule has 2 aliphatic rings. The third kappa shape index (κ3) is 5.63. The van der Waals surface area contributed by atoms with E-state index in [4.69, 9.17) is 18.9 Å². The van der Waals surface area contributed by atoms with Gasteiger partial charge >= 0.3 is 5.97 Å². The first-order chi connectivity index (χ1) is 19.1. The minimum atomic E-state index is -3.79. The summed E-state index contributed by atoms with van der Waals surface area (Å²) in [6.45, 7) is 6.95. The van der Waals surface area contributed by atoms with E-state index in [1.165, 1.54) is 16.4 Å². The number of nitrogens with zero attached hydrogens (tertiary/aromatic N) is 2. The predicted octanol–water partition coefficient (Wildman–Crippen LogP) is 3.31. The van der Waals surface area contributed by atoms with Crippen molar-refractivity contribution in [3.63, 3.8) is 0 Å². The summed E-state index contributed by atoms with van der Waals surface area (Å²) >= 11 is 0. The molecule has 0 saturated carbocycles. The molecule has 3 heterocycles. The Morgan fingerprint density at radius 1 is 0.975 bits per heavy atom. The molecule has 1 atom stereocenters. The number of esters is 1. The van der Waals surface area contributed by atoms with Gasteiger partial charge in [0.1, 0.15) is 6.61 Å². The maximum absolute atomic E-state index is 13.1. The number of aryl methyl sites for hydroxylation is 2. The molecule has 0 amide bonds. The topological polar surface area (TPSA) is 113 Å². The molecule has 0 aliphatic carbocycles. The maximum Gasteiger partial charge on any atom is 0.338 e. The van der Waals surface area contributed by atoms with Crippen molar-refractivity contribution < 1.29 is 37.0 Å². The van der Waals surface area contributed by atoms with Crippen molar-refractivity contribution in [2.75, 3.05) is 39.5 Å². The Labute approximate surface area is 233 Å². The number of rotatable bonds is 8. The number of ether oxygens (including phenoxy) is 4. The van der Waals surface area contributed by atoms with Gasteiger partial charge in [-0.1, -0.05) is 18.2 Å². The first-order valence-corrected chi connectivity index (χ1v) is 14.5. The van der Waals surface area contributed by atoms with E-state index in [-0.39, 0.29) is 35.4 Å². The highest BCUT2D eigenvalue weighted by molar-refractivity contribution is 7.89. The molecular formula is C29H32N2O8S. The molecular weight excluding hydrogens is 536 g/mol. The fourth-order valence-corrected chi connectivity index (χ4v) is 6.36. The number of carbonyl (C=O) groups is 2. The van der Waals surface area contributed by atoms with Gasteiger partial charge in [0.05, 0.1) is 30.2 Å². The summed E-state index contributed by atoms with van der Waals surface area (Å²) in [7, 11) is -3.79. The van der Waals surface area contributed by atoms with Crippen LogP contribution in [0.25, 0.3) is 0 Å². The number of hydrogen-bond donors (Lipinski definition) is 0. The Morgan fingerprint density at radius 3 is 2.45 bits per heavy atom. The van der Waals surface area contributed by atoms with Crippen LogP contribution in [-0.2, 0) is 26.0 Å². The summed E-state index contributed by atoms with van der Waals surface area (Å²) in [6.07, 6.45) is -0.232. The SMILES string of the molecule is Cc1ccc(S(=O)(=O)N2CCOCC2)cc1C(=O)OCC(=O)c1cc(C)n(C[C@@H]2COc3ccccc3O2)c1C. The van der Waals surface area contributed by atoms with Crippen molar-refractivity contribution in [1.82, 2.24) is 8.87 Å². The minimum absolute atomic E-state index is 0.00152. The molecule has 1 saturated heterocycles. The largest absolute Gasteiger partial charge is 0.486 e. The van der Waals surface area contributed by atoms with E-state index in [0.29, 0.717) is 49.0 Å². The molecule has 0 spiro atoms. The zero-order valence-electron chi connectivity index (χ0n) is 22.7. The summed E-state index contributed by atoms with van der Waals surface area (Å²) in [6, 6.07) is 13.6. The highest BCUT2D eigenvalue weighted by Crippen LogP contribution is 2.31. The van der Waals surface area contributed by atoms with Crippen molar-refractivity contribution in [2.24, 2.45) is 0 Å². The van der Waals surface area contributed by atoms with Crippen LogP contribution in [0.3, 0.4) is 0 Å². The van der Waals surface area contributed by atoms with Crippen molar-refractivity contribution in [3.05, 3.63) is 76.6 Å². The highest BCUT2D eigenvalue weighted by atomic mass is 32.2. The lowest BCUT2D eigenvalue weighted by molar-refractivity contribution is 0.0473. The molecule has 1 aromatic heterocycles. The Morgan fingerprint density at radius 2 is 1.70 bits per heavy atom. The number of sulfonamides is 1. The molecule has 0 radical (unpaired) electrons. The van der Waals surface area contributed by atoms with Crippen molar-refractivity contribution >= 4 is 21.8 Å². The second kappa shape index (κ2) is 11.4. The van der Waals surface area contributed by atoms with E-state index in [1.807, 2.05) is 42.7 Å². The van der Waals surface area contributed by atoms with Gasteiger partial charge in [-0.25, -0.2) is 13.2 Å². The van der Waals surface area contributed by atoms with Gasteiger partial charge in [-0.3, -0.25) is 4.79 Å². The number of fused-ring (bicyclic) bond motifs is 1. The molecule has 0 N–H and O–H groups in total. The van der Waals surface area contributed by atoms with Gasteiger partial charge in [-0.05, 0) is 56.7 Å². The van der Waals surface area contributed by atoms with Gasteiger partial charge < -0.3 is 23.5 Å². The molecule has 40 heavy (non-hydrogen) atoms. The van der Waals surface area contributed by atoms with Crippen LogP contribution < -0.4 is 9.47 Å². The number of ketones is 1. The van der Waals surface area contributed by atoms with Crippen LogP contribution in [0.5, 0.6) is 11.5 Å². The van der Waals surface area contributed by atoms with Crippen LogP contribution in [0.4, 0.5) is 0 Å². The summed E-state index contributed by atoms with van der Waals surface area (Å²) in [5.74, 6) is 0.275. The smallest absolute Gasteiger partial charge is 0.338 e. The van der Waals surface area contributed by atoms with Gasteiger partial charge in [0, 0.05) is 30.0 Å². The van der Waals surface area contributed by atoms with Crippen molar-refractivity contribution in [2.45, 2.75) is 38.3 Å². The molecule has 3 aromatic rings. The zero-order chi connectivity index (χ0) is 28.4.